The Hall–Kier alpha value is -2.31. The van der Waals surface area contributed by atoms with Gasteiger partial charge >= 0.3 is 0 Å². The number of amides is 2. The van der Waals surface area contributed by atoms with Crippen molar-refractivity contribution in [3.05, 3.63) is 17.8 Å². The summed E-state index contributed by atoms with van der Waals surface area (Å²) in [5.74, 6) is -0.318. The fourth-order valence-electron chi connectivity index (χ4n) is 2.20. The largest absolute Gasteiger partial charge is 0.396 e. The van der Waals surface area contributed by atoms with E-state index in [0.717, 1.165) is 25.9 Å². The Kier molecular flexibility index (Phi) is 4.07. The third-order valence-electron chi connectivity index (χ3n) is 3.32. The molecule has 0 aromatic carbocycles. The van der Waals surface area contributed by atoms with Crippen LogP contribution in [-0.4, -0.2) is 40.8 Å². The van der Waals surface area contributed by atoms with Crippen LogP contribution >= 0.6 is 0 Å². The smallest absolute Gasteiger partial charge is 0.267 e. The minimum Gasteiger partial charge on any atom is -0.396 e. The van der Waals surface area contributed by atoms with E-state index in [4.69, 9.17) is 11.5 Å². The highest BCUT2D eigenvalue weighted by molar-refractivity contribution is 5.92. The molecule has 0 radical (unpaired) electrons. The van der Waals surface area contributed by atoms with Gasteiger partial charge in [-0.15, -0.1) is 0 Å². The molecule has 7 heteroatoms. The second-order valence-corrected chi connectivity index (χ2v) is 4.90. The van der Waals surface area contributed by atoms with Crippen molar-refractivity contribution in [1.29, 1.82) is 0 Å². The molecule has 2 heterocycles. The van der Waals surface area contributed by atoms with Crippen molar-refractivity contribution >= 4 is 23.3 Å². The molecular formula is C13H19N5O2. The fraction of sp³-hybridized carbons (Fsp3) is 0.462. The Morgan fingerprint density at radius 3 is 2.60 bits per heavy atom. The molecule has 1 aromatic rings. The molecule has 5 N–H and O–H groups in total. The van der Waals surface area contributed by atoms with E-state index in [1.54, 1.807) is 13.0 Å². The minimum absolute atomic E-state index is 0.00757. The van der Waals surface area contributed by atoms with E-state index in [9.17, 15) is 9.59 Å². The van der Waals surface area contributed by atoms with Gasteiger partial charge in [0.1, 0.15) is 11.7 Å². The number of hydrogen-bond acceptors (Lipinski definition) is 5. The van der Waals surface area contributed by atoms with Crippen LogP contribution < -0.4 is 16.8 Å². The highest BCUT2D eigenvalue weighted by atomic mass is 16.2. The number of carbonyl (C=O) groups excluding carboxylic acids is 2. The lowest BCUT2D eigenvalue weighted by Crippen LogP contribution is -2.40. The first-order valence-electron chi connectivity index (χ1n) is 6.60. The third-order valence-corrected chi connectivity index (χ3v) is 3.32. The van der Waals surface area contributed by atoms with E-state index in [-0.39, 0.29) is 11.6 Å². The van der Waals surface area contributed by atoms with Crippen molar-refractivity contribution in [2.75, 3.05) is 24.1 Å². The number of nitrogens with two attached hydrogens (primary N) is 2. The number of anilines is 2. The van der Waals surface area contributed by atoms with Gasteiger partial charge in [0.05, 0.1) is 5.69 Å². The number of nitrogens with zero attached hydrogens (tertiary/aromatic N) is 2. The molecule has 0 saturated carbocycles. The highest BCUT2D eigenvalue weighted by Gasteiger charge is 2.23. The summed E-state index contributed by atoms with van der Waals surface area (Å²) in [4.78, 5) is 29.1. The molecule has 2 amide bonds. The average molecular weight is 277 g/mol. The van der Waals surface area contributed by atoms with Crippen LogP contribution in [0.2, 0.25) is 0 Å². The van der Waals surface area contributed by atoms with E-state index in [1.807, 2.05) is 4.90 Å². The molecule has 20 heavy (non-hydrogen) atoms. The molecule has 1 unspecified atom stereocenters. The molecule has 108 valence electrons. The van der Waals surface area contributed by atoms with Crippen molar-refractivity contribution in [3.8, 4) is 0 Å². The SMILES string of the molecule is CC(Nc1nc(C(N)=O)ccc1N)C(=O)N1CCCC1. The summed E-state index contributed by atoms with van der Waals surface area (Å²) in [7, 11) is 0. The second-order valence-electron chi connectivity index (χ2n) is 4.90. The number of likely N-dealkylation sites (tertiary alicyclic amines) is 1. The van der Waals surface area contributed by atoms with Crippen molar-refractivity contribution in [3.63, 3.8) is 0 Å². The second kappa shape index (κ2) is 5.77. The molecule has 0 bridgehead atoms. The summed E-state index contributed by atoms with van der Waals surface area (Å²) in [6, 6.07) is 2.55. The summed E-state index contributed by atoms with van der Waals surface area (Å²) in [6.45, 7) is 3.32. The van der Waals surface area contributed by atoms with Crippen LogP contribution in [0.4, 0.5) is 11.5 Å². The summed E-state index contributed by atoms with van der Waals surface area (Å²) >= 11 is 0. The summed E-state index contributed by atoms with van der Waals surface area (Å²) in [5.41, 5.74) is 11.5. The molecule has 7 nitrogen and oxygen atoms in total. The quantitative estimate of drug-likeness (QED) is 0.726. The number of carbonyl (C=O) groups is 2. The Labute approximate surface area is 117 Å². The Balaban J connectivity index is 2.10. The van der Waals surface area contributed by atoms with Crippen LogP contribution in [-0.2, 0) is 4.79 Å². The standard InChI is InChI=1S/C13H19N5O2/c1-8(13(20)18-6-2-3-7-18)16-12-9(14)4-5-10(17-12)11(15)19/h4-5,8H,2-3,6-7,14H2,1H3,(H2,15,19)(H,16,17). The summed E-state index contributed by atoms with van der Waals surface area (Å²) in [6.07, 6.45) is 2.08. The van der Waals surface area contributed by atoms with Crippen LogP contribution in [0.15, 0.2) is 12.1 Å². The summed E-state index contributed by atoms with van der Waals surface area (Å²) < 4.78 is 0. The van der Waals surface area contributed by atoms with Crippen molar-refractivity contribution in [1.82, 2.24) is 9.88 Å². The van der Waals surface area contributed by atoms with Gasteiger partial charge in [0.15, 0.2) is 5.82 Å². The molecule has 0 spiro atoms. The van der Waals surface area contributed by atoms with Gasteiger partial charge in [-0.3, -0.25) is 9.59 Å². The zero-order valence-electron chi connectivity index (χ0n) is 11.4. The number of nitrogens with one attached hydrogen (secondary N) is 1. The van der Waals surface area contributed by atoms with Gasteiger partial charge in [-0.05, 0) is 31.9 Å². The van der Waals surface area contributed by atoms with E-state index in [1.165, 1.54) is 6.07 Å². The van der Waals surface area contributed by atoms with Gasteiger partial charge in [0.25, 0.3) is 5.91 Å². The number of aromatic nitrogens is 1. The number of pyridine rings is 1. The number of primary amides is 1. The first-order valence-corrected chi connectivity index (χ1v) is 6.60. The van der Waals surface area contributed by atoms with Crippen molar-refractivity contribution in [2.24, 2.45) is 5.73 Å². The molecule has 1 saturated heterocycles. The monoisotopic (exact) mass is 277 g/mol. The first-order chi connectivity index (χ1) is 9.49. The summed E-state index contributed by atoms with van der Waals surface area (Å²) in [5, 5.41) is 2.95. The maximum absolute atomic E-state index is 12.2. The lowest BCUT2D eigenvalue weighted by atomic mass is 10.2. The molecule has 1 atom stereocenters. The highest BCUT2D eigenvalue weighted by Crippen LogP contribution is 2.18. The Morgan fingerprint density at radius 2 is 2.00 bits per heavy atom. The van der Waals surface area contributed by atoms with E-state index in [2.05, 4.69) is 10.3 Å². The normalized spacial score (nSPS) is 15.9. The Bertz CT molecular complexity index is 525. The van der Waals surface area contributed by atoms with Gasteiger partial charge < -0.3 is 21.7 Å². The molecule has 1 fully saturated rings. The maximum atomic E-state index is 12.2. The zero-order chi connectivity index (χ0) is 14.7. The van der Waals surface area contributed by atoms with Gasteiger partial charge in [-0.25, -0.2) is 4.98 Å². The van der Waals surface area contributed by atoms with Crippen LogP contribution in [0.5, 0.6) is 0 Å². The molecule has 1 aliphatic rings. The van der Waals surface area contributed by atoms with Crippen LogP contribution in [0.1, 0.15) is 30.3 Å². The van der Waals surface area contributed by atoms with Gasteiger partial charge in [0, 0.05) is 13.1 Å². The fourth-order valence-corrected chi connectivity index (χ4v) is 2.20. The third kappa shape index (κ3) is 2.98. The maximum Gasteiger partial charge on any atom is 0.267 e. The van der Waals surface area contributed by atoms with Gasteiger partial charge in [-0.2, -0.15) is 0 Å². The van der Waals surface area contributed by atoms with E-state index < -0.39 is 11.9 Å². The van der Waals surface area contributed by atoms with Gasteiger partial charge in [-0.1, -0.05) is 0 Å². The number of nitrogen functional groups attached to an aromatic ring is 1. The molecule has 1 aromatic heterocycles. The lowest BCUT2D eigenvalue weighted by molar-refractivity contribution is -0.130. The van der Waals surface area contributed by atoms with Crippen molar-refractivity contribution < 1.29 is 9.59 Å². The number of rotatable bonds is 4. The van der Waals surface area contributed by atoms with Crippen molar-refractivity contribution in [2.45, 2.75) is 25.8 Å². The Morgan fingerprint density at radius 1 is 1.35 bits per heavy atom. The number of hydrogen-bond donors (Lipinski definition) is 3. The van der Waals surface area contributed by atoms with Crippen LogP contribution in [0, 0.1) is 0 Å². The van der Waals surface area contributed by atoms with E-state index in [0.29, 0.717) is 11.5 Å². The van der Waals surface area contributed by atoms with Crippen LogP contribution in [0.25, 0.3) is 0 Å². The van der Waals surface area contributed by atoms with Gasteiger partial charge in [0.2, 0.25) is 5.91 Å². The average Bonchev–Trinajstić information content (AvgIpc) is 2.94. The zero-order valence-corrected chi connectivity index (χ0v) is 11.4. The van der Waals surface area contributed by atoms with Crippen LogP contribution in [0.3, 0.4) is 0 Å². The molecular weight excluding hydrogens is 258 g/mol. The topological polar surface area (TPSA) is 114 Å². The van der Waals surface area contributed by atoms with E-state index >= 15 is 0 Å². The molecule has 0 aliphatic carbocycles. The molecule has 1 aliphatic heterocycles. The first kappa shape index (κ1) is 14.1. The lowest BCUT2D eigenvalue weighted by Gasteiger charge is -2.22. The minimum atomic E-state index is -0.633. The predicted molar refractivity (Wildman–Crippen MR) is 76.1 cm³/mol. The molecule has 2 rings (SSSR count). The predicted octanol–water partition coefficient (Wildman–Crippen LogP) is 0.185.